The molecule has 0 unspecified atom stereocenters. The third-order valence-corrected chi connectivity index (χ3v) is 1.88. The second-order valence-corrected chi connectivity index (χ2v) is 3.03. The Balaban J connectivity index is 3.55. The topological polar surface area (TPSA) is 83.6 Å². The fourth-order valence-corrected chi connectivity index (χ4v) is 1.13. The first kappa shape index (κ1) is 13.4. The van der Waals surface area contributed by atoms with Crippen LogP contribution in [0.4, 0.5) is 23.2 Å². The van der Waals surface area contributed by atoms with E-state index in [4.69, 9.17) is 10.0 Å². The van der Waals surface area contributed by atoms with Gasteiger partial charge in [0.15, 0.2) is 0 Å². The van der Waals surface area contributed by atoms with Gasteiger partial charge in [0.1, 0.15) is 5.82 Å². The molecule has 0 aliphatic carbocycles. The highest BCUT2D eigenvalue weighted by atomic mass is 19.4. The zero-order chi connectivity index (χ0) is 13.4. The lowest BCUT2D eigenvalue weighted by molar-refractivity contribution is -0.385. The lowest BCUT2D eigenvalue weighted by Crippen LogP contribution is -2.35. The van der Waals surface area contributed by atoms with Crippen molar-refractivity contribution >= 4 is 18.3 Å². The van der Waals surface area contributed by atoms with Gasteiger partial charge in [0, 0.05) is 17.6 Å². The Bertz CT molecular complexity index is 462. The van der Waals surface area contributed by atoms with E-state index < -0.39 is 40.7 Å². The van der Waals surface area contributed by atoms with Gasteiger partial charge in [-0.25, -0.2) is 4.39 Å². The first-order chi connectivity index (χ1) is 7.64. The average Bonchev–Trinajstić information content (AvgIpc) is 2.15. The third kappa shape index (κ3) is 2.71. The minimum atomic E-state index is -5.17. The van der Waals surface area contributed by atoms with E-state index in [1.807, 2.05) is 0 Å². The van der Waals surface area contributed by atoms with Crippen molar-refractivity contribution in [2.45, 2.75) is 6.18 Å². The molecule has 0 aliphatic heterocycles. The molecule has 0 fully saturated rings. The SMILES string of the molecule is O=[N+]([O-])c1cc(B(O)O)c(F)c(C(F)(F)F)c1. The molecule has 1 aromatic rings. The van der Waals surface area contributed by atoms with Crippen LogP contribution in [0.5, 0.6) is 0 Å². The first-order valence-electron chi connectivity index (χ1n) is 4.05. The van der Waals surface area contributed by atoms with E-state index in [1.54, 1.807) is 0 Å². The van der Waals surface area contributed by atoms with Crippen LogP contribution in [0.2, 0.25) is 0 Å². The molecule has 2 N–H and O–H groups in total. The quantitative estimate of drug-likeness (QED) is 0.346. The van der Waals surface area contributed by atoms with E-state index in [2.05, 4.69) is 0 Å². The summed E-state index contributed by atoms with van der Waals surface area (Å²) < 4.78 is 50.1. The molecule has 17 heavy (non-hydrogen) atoms. The normalized spacial score (nSPS) is 11.4. The highest BCUT2D eigenvalue weighted by Crippen LogP contribution is 2.32. The van der Waals surface area contributed by atoms with Crippen molar-refractivity contribution in [3.05, 3.63) is 33.6 Å². The molecule has 0 aromatic heterocycles. The Hall–Kier alpha value is -1.68. The fourth-order valence-electron chi connectivity index (χ4n) is 1.13. The summed E-state index contributed by atoms with van der Waals surface area (Å²) in [5.74, 6) is -1.95. The largest absolute Gasteiger partial charge is 0.491 e. The molecule has 0 aliphatic rings. The molecule has 0 saturated carbocycles. The number of nitro groups is 1. The smallest absolute Gasteiger partial charge is 0.423 e. The summed E-state index contributed by atoms with van der Waals surface area (Å²) in [4.78, 5) is 9.12. The van der Waals surface area contributed by atoms with E-state index in [0.29, 0.717) is 6.07 Å². The predicted molar refractivity (Wildman–Crippen MR) is 47.9 cm³/mol. The minimum absolute atomic E-state index is 0.0127. The van der Waals surface area contributed by atoms with Crippen molar-refractivity contribution in [3.63, 3.8) is 0 Å². The first-order valence-corrected chi connectivity index (χ1v) is 4.05. The van der Waals surface area contributed by atoms with E-state index in [9.17, 15) is 27.7 Å². The van der Waals surface area contributed by atoms with Crippen molar-refractivity contribution in [2.24, 2.45) is 0 Å². The second-order valence-electron chi connectivity index (χ2n) is 3.03. The minimum Gasteiger partial charge on any atom is -0.423 e. The van der Waals surface area contributed by atoms with Crippen molar-refractivity contribution in [2.75, 3.05) is 0 Å². The monoisotopic (exact) mass is 253 g/mol. The Morgan fingerprint density at radius 2 is 1.82 bits per heavy atom. The van der Waals surface area contributed by atoms with Crippen LogP contribution in [0.1, 0.15) is 5.56 Å². The maximum absolute atomic E-state index is 13.2. The van der Waals surface area contributed by atoms with Crippen molar-refractivity contribution in [1.29, 1.82) is 0 Å². The standard InChI is InChI=1S/C7H4BF4NO4/c9-6-4(7(10,11)12)1-3(13(16)17)2-5(6)8(14)15/h1-2,14-15H. The van der Waals surface area contributed by atoms with Crippen LogP contribution in [-0.4, -0.2) is 22.1 Å². The van der Waals surface area contributed by atoms with E-state index in [0.717, 1.165) is 0 Å². The van der Waals surface area contributed by atoms with Crippen LogP contribution in [-0.2, 0) is 6.18 Å². The molecule has 92 valence electrons. The van der Waals surface area contributed by atoms with Gasteiger partial charge in [-0.15, -0.1) is 0 Å². The molecule has 0 spiro atoms. The second kappa shape index (κ2) is 4.30. The summed E-state index contributed by atoms with van der Waals surface area (Å²) >= 11 is 0. The molecule has 0 radical (unpaired) electrons. The molecule has 0 saturated heterocycles. The molecule has 1 rings (SSSR count). The molecule has 10 heteroatoms. The lowest BCUT2D eigenvalue weighted by atomic mass is 9.78. The Kier molecular flexibility index (Phi) is 3.39. The number of hydrogen-bond acceptors (Lipinski definition) is 4. The van der Waals surface area contributed by atoms with Crippen LogP contribution in [0.3, 0.4) is 0 Å². The highest BCUT2D eigenvalue weighted by molar-refractivity contribution is 6.58. The summed E-state index contributed by atoms with van der Waals surface area (Å²) in [5, 5.41) is 27.6. The van der Waals surface area contributed by atoms with E-state index in [-0.39, 0.29) is 6.07 Å². The maximum atomic E-state index is 13.2. The highest BCUT2D eigenvalue weighted by Gasteiger charge is 2.38. The number of hydrogen-bond donors (Lipinski definition) is 2. The summed E-state index contributed by atoms with van der Waals surface area (Å²) in [6, 6.07) is 0.316. The van der Waals surface area contributed by atoms with Gasteiger partial charge in [0.25, 0.3) is 5.69 Å². The van der Waals surface area contributed by atoms with Gasteiger partial charge in [-0.2, -0.15) is 13.2 Å². The zero-order valence-corrected chi connectivity index (χ0v) is 7.90. The number of non-ortho nitro benzene ring substituents is 1. The van der Waals surface area contributed by atoms with Gasteiger partial charge in [-0.3, -0.25) is 10.1 Å². The van der Waals surface area contributed by atoms with Gasteiger partial charge in [0.2, 0.25) is 0 Å². The molecule has 0 bridgehead atoms. The zero-order valence-electron chi connectivity index (χ0n) is 7.90. The van der Waals surface area contributed by atoms with Gasteiger partial charge in [-0.1, -0.05) is 0 Å². The van der Waals surface area contributed by atoms with Crippen LogP contribution >= 0.6 is 0 Å². The number of halogens is 4. The lowest BCUT2D eigenvalue weighted by Gasteiger charge is -2.10. The Morgan fingerprint density at radius 3 is 2.18 bits per heavy atom. The van der Waals surface area contributed by atoms with Gasteiger partial charge in [0.05, 0.1) is 10.5 Å². The molecule has 1 aromatic carbocycles. The van der Waals surface area contributed by atoms with Crippen molar-refractivity contribution in [1.82, 2.24) is 0 Å². The Morgan fingerprint density at radius 1 is 1.29 bits per heavy atom. The van der Waals surface area contributed by atoms with Gasteiger partial charge >= 0.3 is 13.3 Å². The van der Waals surface area contributed by atoms with Gasteiger partial charge < -0.3 is 10.0 Å². The maximum Gasteiger partial charge on any atom is 0.491 e. The van der Waals surface area contributed by atoms with Crippen LogP contribution < -0.4 is 5.46 Å². The molecule has 5 nitrogen and oxygen atoms in total. The fraction of sp³-hybridized carbons (Fsp3) is 0.143. The van der Waals surface area contributed by atoms with Crippen LogP contribution in [0.15, 0.2) is 12.1 Å². The number of rotatable bonds is 2. The molecule has 0 heterocycles. The third-order valence-electron chi connectivity index (χ3n) is 1.88. The Labute approximate surface area is 91.6 Å². The summed E-state index contributed by atoms with van der Waals surface area (Å²) in [6.45, 7) is 0. The van der Waals surface area contributed by atoms with E-state index >= 15 is 0 Å². The van der Waals surface area contributed by atoms with Crippen LogP contribution in [0, 0.1) is 15.9 Å². The van der Waals surface area contributed by atoms with Crippen LogP contribution in [0.25, 0.3) is 0 Å². The summed E-state index contributed by atoms with van der Waals surface area (Å²) in [6.07, 6.45) is -5.17. The van der Waals surface area contributed by atoms with Crippen molar-refractivity contribution < 1.29 is 32.5 Å². The van der Waals surface area contributed by atoms with E-state index in [1.165, 1.54) is 0 Å². The molecule has 0 amide bonds. The molecular formula is C7H4BF4NO4. The van der Waals surface area contributed by atoms with Crippen molar-refractivity contribution in [3.8, 4) is 0 Å². The number of alkyl halides is 3. The average molecular weight is 253 g/mol. The molecular weight excluding hydrogens is 249 g/mol. The number of benzene rings is 1. The number of nitrogens with zero attached hydrogens (tertiary/aromatic N) is 1. The summed E-state index contributed by atoms with van der Waals surface area (Å²) in [7, 11) is -2.57. The predicted octanol–water partition coefficient (Wildman–Crippen LogP) is 0.432. The van der Waals surface area contributed by atoms with Gasteiger partial charge in [-0.05, 0) is 0 Å². The molecule has 0 atom stereocenters. The summed E-state index contributed by atoms with van der Waals surface area (Å²) in [5.41, 5.74) is -4.21. The number of nitro benzene ring substituents is 1.